The maximum Gasteiger partial charge on any atom is 0.135 e. The number of hydrogen-bond donors (Lipinski definition) is 0. The smallest absolute Gasteiger partial charge is 0.135 e. The Labute approximate surface area is 80.4 Å². The van der Waals surface area contributed by atoms with Crippen LogP contribution in [0.1, 0.15) is 26.2 Å². The third kappa shape index (κ3) is 6.72. The normalized spacial score (nSPS) is 12.8. The Balaban J connectivity index is 3.51. The quantitative estimate of drug-likeness (QED) is 0.543. The fraction of sp³-hybridized carbons (Fsp3) is 0.900. The van der Waals surface area contributed by atoms with E-state index in [9.17, 15) is 4.79 Å². The molecule has 0 heterocycles. The number of hydrogen-bond acceptors (Lipinski definition) is 3. The molecule has 0 aromatic heterocycles. The Bertz CT molecular complexity index is 134. The Morgan fingerprint density at radius 2 is 1.92 bits per heavy atom. The van der Waals surface area contributed by atoms with E-state index in [0.717, 1.165) is 25.9 Å². The van der Waals surface area contributed by atoms with Crippen molar-refractivity contribution in [2.75, 3.05) is 27.4 Å². The molecule has 1 unspecified atom stereocenters. The Morgan fingerprint density at radius 3 is 2.38 bits per heavy atom. The van der Waals surface area contributed by atoms with E-state index in [4.69, 9.17) is 9.47 Å². The van der Waals surface area contributed by atoms with Crippen molar-refractivity contribution in [3.05, 3.63) is 0 Å². The molecular formula is C10H20O3. The van der Waals surface area contributed by atoms with Crippen molar-refractivity contribution >= 4 is 5.78 Å². The van der Waals surface area contributed by atoms with Gasteiger partial charge < -0.3 is 9.47 Å². The van der Waals surface area contributed by atoms with Crippen LogP contribution in [0.3, 0.4) is 0 Å². The zero-order valence-electron chi connectivity index (χ0n) is 8.84. The minimum absolute atomic E-state index is 0.0712. The zero-order chi connectivity index (χ0) is 10.1. The summed E-state index contributed by atoms with van der Waals surface area (Å²) in [5.74, 6) is 0.293. The standard InChI is InChI=1S/C10H20O3/c1-9(11)10(8-13-3)6-4-5-7-12-2/h10H,4-8H2,1-3H3. The third-order valence-electron chi connectivity index (χ3n) is 2.09. The van der Waals surface area contributed by atoms with Crippen LogP contribution in [0.2, 0.25) is 0 Å². The van der Waals surface area contributed by atoms with E-state index >= 15 is 0 Å². The van der Waals surface area contributed by atoms with Gasteiger partial charge in [-0.25, -0.2) is 0 Å². The molecule has 0 aromatic carbocycles. The van der Waals surface area contributed by atoms with E-state index in [-0.39, 0.29) is 11.7 Å². The highest BCUT2D eigenvalue weighted by Gasteiger charge is 2.12. The summed E-state index contributed by atoms with van der Waals surface area (Å²) in [7, 11) is 3.32. The maximum atomic E-state index is 11.1. The van der Waals surface area contributed by atoms with E-state index in [1.807, 2.05) is 0 Å². The van der Waals surface area contributed by atoms with Crippen LogP contribution in [-0.4, -0.2) is 33.2 Å². The molecule has 78 valence electrons. The van der Waals surface area contributed by atoms with Gasteiger partial charge in [0.15, 0.2) is 0 Å². The number of unbranched alkanes of at least 4 members (excludes halogenated alkanes) is 1. The van der Waals surface area contributed by atoms with E-state index in [1.165, 1.54) is 0 Å². The average Bonchev–Trinajstić information content (AvgIpc) is 2.10. The van der Waals surface area contributed by atoms with Crippen molar-refractivity contribution in [2.45, 2.75) is 26.2 Å². The molecule has 0 radical (unpaired) electrons. The van der Waals surface area contributed by atoms with Crippen LogP contribution in [-0.2, 0) is 14.3 Å². The molecule has 0 saturated heterocycles. The van der Waals surface area contributed by atoms with E-state index in [2.05, 4.69) is 0 Å². The highest BCUT2D eigenvalue weighted by Crippen LogP contribution is 2.10. The molecule has 3 nitrogen and oxygen atoms in total. The van der Waals surface area contributed by atoms with Gasteiger partial charge in [0.1, 0.15) is 5.78 Å². The molecule has 13 heavy (non-hydrogen) atoms. The second kappa shape index (κ2) is 8.20. The van der Waals surface area contributed by atoms with Crippen LogP contribution < -0.4 is 0 Å². The molecular weight excluding hydrogens is 168 g/mol. The number of carbonyl (C=O) groups is 1. The molecule has 0 aliphatic carbocycles. The fourth-order valence-electron chi connectivity index (χ4n) is 1.24. The van der Waals surface area contributed by atoms with Crippen molar-refractivity contribution in [3.8, 4) is 0 Å². The first kappa shape index (κ1) is 12.6. The Kier molecular flexibility index (Phi) is 7.94. The highest BCUT2D eigenvalue weighted by atomic mass is 16.5. The lowest BCUT2D eigenvalue weighted by Gasteiger charge is -2.11. The second-order valence-electron chi connectivity index (χ2n) is 3.25. The molecule has 0 aromatic rings. The number of ketones is 1. The summed E-state index contributed by atoms with van der Waals surface area (Å²) < 4.78 is 9.90. The molecule has 0 saturated carbocycles. The van der Waals surface area contributed by atoms with Crippen molar-refractivity contribution in [1.29, 1.82) is 0 Å². The molecule has 0 aliphatic heterocycles. The van der Waals surface area contributed by atoms with Crippen molar-refractivity contribution in [1.82, 2.24) is 0 Å². The number of ether oxygens (including phenoxy) is 2. The average molecular weight is 188 g/mol. The predicted molar refractivity (Wildman–Crippen MR) is 51.8 cm³/mol. The number of carbonyl (C=O) groups excluding carboxylic acids is 1. The SMILES string of the molecule is COCCCCC(COC)C(C)=O. The van der Waals surface area contributed by atoms with Gasteiger partial charge in [-0.3, -0.25) is 4.79 Å². The molecule has 1 atom stereocenters. The molecule has 0 amide bonds. The van der Waals surface area contributed by atoms with E-state index in [0.29, 0.717) is 6.61 Å². The van der Waals surface area contributed by atoms with Crippen LogP contribution in [0.25, 0.3) is 0 Å². The molecule has 0 rings (SSSR count). The largest absolute Gasteiger partial charge is 0.385 e. The molecule has 0 N–H and O–H groups in total. The maximum absolute atomic E-state index is 11.1. The molecule has 3 heteroatoms. The van der Waals surface area contributed by atoms with Gasteiger partial charge in [0, 0.05) is 26.7 Å². The lowest BCUT2D eigenvalue weighted by molar-refractivity contribution is -0.122. The summed E-state index contributed by atoms with van der Waals surface area (Å²) in [5.41, 5.74) is 0. The van der Waals surface area contributed by atoms with Gasteiger partial charge in [0.05, 0.1) is 6.61 Å². The summed E-state index contributed by atoms with van der Waals surface area (Å²) in [6, 6.07) is 0. The van der Waals surface area contributed by atoms with Gasteiger partial charge in [0.25, 0.3) is 0 Å². The topological polar surface area (TPSA) is 35.5 Å². The zero-order valence-corrected chi connectivity index (χ0v) is 8.84. The van der Waals surface area contributed by atoms with Crippen molar-refractivity contribution in [3.63, 3.8) is 0 Å². The predicted octanol–water partition coefficient (Wildman–Crippen LogP) is 1.65. The monoisotopic (exact) mass is 188 g/mol. The number of Topliss-reactive ketones (excluding diaryl/α,β-unsaturated/α-hetero) is 1. The first-order valence-electron chi connectivity index (χ1n) is 4.70. The highest BCUT2D eigenvalue weighted by molar-refractivity contribution is 5.78. The van der Waals surface area contributed by atoms with Crippen LogP contribution >= 0.6 is 0 Å². The van der Waals surface area contributed by atoms with Gasteiger partial charge in [-0.05, 0) is 19.8 Å². The minimum Gasteiger partial charge on any atom is -0.385 e. The lowest BCUT2D eigenvalue weighted by Crippen LogP contribution is -2.16. The summed E-state index contributed by atoms with van der Waals surface area (Å²) in [4.78, 5) is 11.1. The van der Waals surface area contributed by atoms with Crippen LogP contribution in [0.15, 0.2) is 0 Å². The summed E-state index contributed by atoms with van der Waals surface area (Å²) in [6.07, 6.45) is 2.96. The van der Waals surface area contributed by atoms with Gasteiger partial charge in [-0.1, -0.05) is 6.42 Å². The van der Waals surface area contributed by atoms with Gasteiger partial charge >= 0.3 is 0 Å². The van der Waals surface area contributed by atoms with Crippen LogP contribution in [0.4, 0.5) is 0 Å². The summed E-state index contributed by atoms with van der Waals surface area (Å²) >= 11 is 0. The summed E-state index contributed by atoms with van der Waals surface area (Å²) in [5, 5.41) is 0. The number of methoxy groups -OCH3 is 2. The third-order valence-corrected chi connectivity index (χ3v) is 2.09. The summed E-state index contributed by atoms with van der Waals surface area (Å²) in [6.45, 7) is 2.94. The lowest BCUT2D eigenvalue weighted by atomic mass is 9.99. The molecule has 0 fully saturated rings. The van der Waals surface area contributed by atoms with Crippen molar-refractivity contribution < 1.29 is 14.3 Å². The number of rotatable bonds is 8. The van der Waals surface area contributed by atoms with Gasteiger partial charge in [-0.15, -0.1) is 0 Å². The molecule has 0 aliphatic rings. The van der Waals surface area contributed by atoms with Gasteiger partial charge in [-0.2, -0.15) is 0 Å². The molecule has 0 spiro atoms. The first-order valence-corrected chi connectivity index (χ1v) is 4.70. The Morgan fingerprint density at radius 1 is 1.23 bits per heavy atom. The van der Waals surface area contributed by atoms with Crippen LogP contribution in [0, 0.1) is 5.92 Å². The first-order chi connectivity index (χ1) is 6.22. The van der Waals surface area contributed by atoms with E-state index in [1.54, 1.807) is 21.1 Å². The minimum atomic E-state index is 0.0712. The van der Waals surface area contributed by atoms with E-state index < -0.39 is 0 Å². The van der Waals surface area contributed by atoms with Gasteiger partial charge in [0.2, 0.25) is 0 Å². The second-order valence-corrected chi connectivity index (χ2v) is 3.25. The fourth-order valence-corrected chi connectivity index (χ4v) is 1.24. The Hall–Kier alpha value is -0.410. The van der Waals surface area contributed by atoms with Crippen LogP contribution in [0.5, 0.6) is 0 Å². The molecule has 0 bridgehead atoms. The van der Waals surface area contributed by atoms with Crippen molar-refractivity contribution in [2.24, 2.45) is 5.92 Å².